The van der Waals surface area contributed by atoms with Crippen LogP contribution >= 0.6 is 0 Å². The third kappa shape index (κ3) is 2.13. The fourth-order valence-electron chi connectivity index (χ4n) is 3.41. The number of likely N-dealkylation sites (N-methyl/N-ethyl adjacent to an activating group) is 1. The smallest absolute Gasteiger partial charge is 0.0335 e. The predicted octanol–water partition coefficient (Wildman–Crippen LogP) is 0.766. The first kappa shape index (κ1) is 11.0. The fourth-order valence-corrected chi connectivity index (χ4v) is 3.41. The zero-order valence-corrected chi connectivity index (χ0v) is 10.5. The molecule has 2 aliphatic heterocycles. The van der Waals surface area contributed by atoms with Gasteiger partial charge in [-0.25, -0.2) is 0 Å². The predicted molar refractivity (Wildman–Crippen MR) is 66.6 cm³/mol. The van der Waals surface area contributed by atoms with E-state index in [0.717, 1.165) is 5.92 Å². The van der Waals surface area contributed by atoms with Crippen molar-refractivity contribution in [1.29, 1.82) is 0 Å². The molecule has 0 radical (unpaired) electrons. The SMILES string of the molecule is CN1CCN(CC2CCNCC2)CC12CC2. The normalized spacial score (nSPS) is 32.1. The van der Waals surface area contributed by atoms with Gasteiger partial charge in [0.25, 0.3) is 0 Å². The summed E-state index contributed by atoms with van der Waals surface area (Å²) >= 11 is 0. The van der Waals surface area contributed by atoms with Gasteiger partial charge >= 0.3 is 0 Å². The molecule has 3 rings (SSSR count). The highest BCUT2D eigenvalue weighted by molar-refractivity contribution is 5.07. The molecule has 2 heterocycles. The molecule has 3 fully saturated rings. The highest BCUT2D eigenvalue weighted by atomic mass is 15.3. The van der Waals surface area contributed by atoms with Gasteiger partial charge < -0.3 is 5.32 Å². The van der Waals surface area contributed by atoms with E-state index in [0.29, 0.717) is 5.54 Å². The minimum Gasteiger partial charge on any atom is -0.317 e. The third-order valence-electron chi connectivity index (χ3n) is 4.88. The molecule has 16 heavy (non-hydrogen) atoms. The molecule has 0 aromatic heterocycles. The molecule has 0 amide bonds. The lowest BCUT2D eigenvalue weighted by Crippen LogP contribution is -2.54. The van der Waals surface area contributed by atoms with Crippen LogP contribution in [0.25, 0.3) is 0 Å². The van der Waals surface area contributed by atoms with E-state index in [4.69, 9.17) is 0 Å². The van der Waals surface area contributed by atoms with Crippen LogP contribution in [0.1, 0.15) is 25.7 Å². The van der Waals surface area contributed by atoms with E-state index in [2.05, 4.69) is 22.2 Å². The second-order valence-corrected chi connectivity index (χ2v) is 6.07. The standard InChI is InChI=1S/C13H25N3/c1-15-8-9-16(11-13(15)4-5-13)10-12-2-6-14-7-3-12/h12,14H,2-11H2,1H3. The summed E-state index contributed by atoms with van der Waals surface area (Å²) in [5, 5.41) is 3.46. The summed E-state index contributed by atoms with van der Waals surface area (Å²) in [7, 11) is 2.31. The summed E-state index contributed by atoms with van der Waals surface area (Å²) in [6.45, 7) is 7.75. The number of hydrogen-bond donors (Lipinski definition) is 1. The highest BCUT2D eigenvalue weighted by Crippen LogP contribution is 2.43. The van der Waals surface area contributed by atoms with Gasteiger partial charge in [0.05, 0.1) is 0 Å². The molecular weight excluding hydrogens is 198 g/mol. The Bertz CT molecular complexity index is 244. The third-order valence-corrected chi connectivity index (χ3v) is 4.88. The Hall–Kier alpha value is -0.120. The van der Waals surface area contributed by atoms with Gasteiger partial charge in [0, 0.05) is 31.7 Å². The van der Waals surface area contributed by atoms with E-state index in [1.54, 1.807) is 0 Å². The molecule has 2 saturated heterocycles. The summed E-state index contributed by atoms with van der Waals surface area (Å²) in [6.07, 6.45) is 5.65. The minimum absolute atomic E-state index is 0.602. The van der Waals surface area contributed by atoms with Crippen LogP contribution in [-0.2, 0) is 0 Å². The van der Waals surface area contributed by atoms with Crippen molar-refractivity contribution in [2.45, 2.75) is 31.2 Å². The van der Waals surface area contributed by atoms with Crippen LogP contribution in [0.2, 0.25) is 0 Å². The van der Waals surface area contributed by atoms with Crippen molar-refractivity contribution in [1.82, 2.24) is 15.1 Å². The second kappa shape index (κ2) is 4.28. The second-order valence-electron chi connectivity index (χ2n) is 6.07. The van der Waals surface area contributed by atoms with Gasteiger partial charge in [-0.15, -0.1) is 0 Å². The molecule has 3 aliphatic rings. The summed E-state index contributed by atoms with van der Waals surface area (Å²) in [4.78, 5) is 5.34. The van der Waals surface area contributed by atoms with E-state index in [1.165, 1.54) is 65.0 Å². The summed E-state index contributed by atoms with van der Waals surface area (Å²) in [5.74, 6) is 0.959. The van der Waals surface area contributed by atoms with Crippen LogP contribution in [0.15, 0.2) is 0 Å². The van der Waals surface area contributed by atoms with Crippen LogP contribution in [0.5, 0.6) is 0 Å². The lowest BCUT2D eigenvalue weighted by molar-refractivity contribution is 0.0657. The summed E-state index contributed by atoms with van der Waals surface area (Å²) in [5.41, 5.74) is 0.602. The van der Waals surface area contributed by atoms with E-state index in [9.17, 15) is 0 Å². The molecule has 3 heteroatoms. The van der Waals surface area contributed by atoms with Crippen molar-refractivity contribution < 1.29 is 0 Å². The van der Waals surface area contributed by atoms with Crippen LogP contribution in [0.3, 0.4) is 0 Å². The number of nitrogens with zero attached hydrogens (tertiary/aromatic N) is 2. The van der Waals surface area contributed by atoms with E-state index < -0.39 is 0 Å². The Morgan fingerprint density at radius 1 is 1.19 bits per heavy atom. The van der Waals surface area contributed by atoms with Gasteiger partial charge in [-0.3, -0.25) is 9.80 Å². The molecule has 0 aromatic rings. The minimum atomic E-state index is 0.602. The maximum Gasteiger partial charge on any atom is 0.0335 e. The molecule has 0 atom stereocenters. The Balaban J connectivity index is 1.52. The zero-order valence-electron chi connectivity index (χ0n) is 10.5. The quantitative estimate of drug-likeness (QED) is 0.746. The van der Waals surface area contributed by atoms with Crippen LogP contribution < -0.4 is 5.32 Å². The largest absolute Gasteiger partial charge is 0.317 e. The van der Waals surface area contributed by atoms with Crippen molar-refractivity contribution in [3.63, 3.8) is 0 Å². The van der Waals surface area contributed by atoms with Gasteiger partial charge in [0.2, 0.25) is 0 Å². The maximum atomic E-state index is 3.46. The van der Waals surface area contributed by atoms with Gasteiger partial charge in [0.15, 0.2) is 0 Å². The van der Waals surface area contributed by atoms with E-state index in [-0.39, 0.29) is 0 Å². The van der Waals surface area contributed by atoms with Crippen molar-refractivity contribution in [3.05, 3.63) is 0 Å². The molecular formula is C13H25N3. The first-order chi connectivity index (χ1) is 7.78. The number of piperidine rings is 1. The molecule has 0 unspecified atom stereocenters. The van der Waals surface area contributed by atoms with Crippen LogP contribution in [0, 0.1) is 5.92 Å². The number of hydrogen-bond acceptors (Lipinski definition) is 3. The lowest BCUT2D eigenvalue weighted by atomic mass is 9.96. The first-order valence-electron chi connectivity index (χ1n) is 6.93. The van der Waals surface area contributed by atoms with Crippen molar-refractivity contribution in [2.75, 3.05) is 46.3 Å². The first-order valence-corrected chi connectivity index (χ1v) is 6.93. The molecule has 1 aliphatic carbocycles. The van der Waals surface area contributed by atoms with Crippen LogP contribution in [0.4, 0.5) is 0 Å². The van der Waals surface area contributed by atoms with Gasteiger partial charge in [-0.05, 0) is 51.7 Å². The molecule has 1 saturated carbocycles. The average Bonchev–Trinajstić information content (AvgIpc) is 3.06. The van der Waals surface area contributed by atoms with Gasteiger partial charge in [0.1, 0.15) is 0 Å². The number of nitrogens with one attached hydrogen (secondary N) is 1. The maximum absolute atomic E-state index is 3.46. The topological polar surface area (TPSA) is 18.5 Å². The van der Waals surface area contributed by atoms with Gasteiger partial charge in [-0.1, -0.05) is 0 Å². The average molecular weight is 223 g/mol. The monoisotopic (exact) mass is 223 g/mol. The Morgan fingerprint density at radius 2 is 1.94 bits per heavy atom. The zero-order chi connectivity index (χ0) is 11.0. The van der Waals surface area contributed by atoms with Crippen molar-refractivity contribution >= 4 is 0 Å². The lowest BCUT2D eigenvalue weighted by Gasteiger charge is -2.41. The summed E-state index contributed by atoms with van der Waals surface area (Å²) in [6, 6.07) is 0. The molecule has 92 valence electrons. The molecule has 0 bridgehead atoms. The molecule has 0 aromatic carbocycles. The number of rotatable bonds is 2. The van der Waals surface area contributed by atoms with Gasteiger partial charge in [-0.2, -0.15) is 0 Å². The van der Waals surface area contributed by atoms with Crippen LogP contribution in [-0.4, -0.2) is 61.7 Å². The number of piperazine rings is 1. The Kier molecular flexibility index (Phi) is 2.94. The van der Waals surface area contributed by atoms with E-state index >= 15 is 0 Å². The highest BCUT2D eigenvalue weighted by Gasteiger charge is 2.49. The Morgan fingerprint density at radius 3 is 2.62 bits per heavy atom. The molecule has 1 spiro atoms. The summed E-state index contributed by atoms with van der Waals surface area (Å²) < 4.78 is 0. The fraction of sp³-hybridized carbons (Fsp3) is 1.00. The Labute approximate surface area is 99.2 Å². The molecule has 3 nitrogen and oxygen atoms in total. The van der Waals surface area contributed by atoms with E-state index in [1.807, 2.05) is 0 Å². The van der Waals surface area contributed by atoms with Crippen molar-refractivity contribution in [3.8, 4) is 0 Å². The van der Waals surface area contributed by atoms with Crippen molar-refractivity contribution in [2.24, 2.45) is 5.92 Å². The molecule has 1 N–H and O–H groups in total.